The summed E-state index contributed by atoms with van der Waals surface area (Å²) in [4.78, 5) is 6.12. The summed E-state index contributed by atoms with van der Waals surface area (Å²) in [6.45, 7) is 3.04. The van der Waals surface area contributed by atoms with Crippen molar-refractivity contribution in [1.82, 2.24) is 9.88 Å². The molecule has 1 aliphatic rings. The van der Waals surface area contributed by atoms with Crippen LogP contribution in [0, 0.1) is 0 Å². The average Bonchev–Trinajstić information content (AvgIpc) is 2.41. The number of nitrogens with zero attached hydrogens (tertiary/aromatic N) is 3. The minimum absolute atomic E-state index is 0.0192. The van der Waals surface area contributed by atoms with Crippen molar-refractivity contribution in [2.75, 3.05) is 18.1 Å². The highest BCUT2D eigenvalue weighted by molar-refractivity contribution is 7.91. The molecule has 8 heteroatoms. The number of hydrogen-bond acceptors (Lipinski definition) is 6. The fraction of sp³-hybridized carbons (Fsp3) is 0.500. The Morgan fingerprint density at radius 2 is 2.40 bits per heavy atom. The lowest BCUT2D eigenvalue weighted by molar-refractivity contribution is 0.218. The molecule has 1 aromatic rings. The summed E-state index contributed by atoms with van der Waals surface area (Å²) >= 11 is 0. The van der Waals surface area contributed by atoms with Crippen molar-refractivity contribution in [3.05, 3.63) is 29.6 Å². The summed E-state index contributed by atoms with van der Waals surface area (Å²) in [6.07, 6.45) is 1.59. The number of rotatable bonds is 3. The summed E-state index contributed by atoms with van der Waals surface area (Å²) in [6, 6.07) is 3.56. The van der Waals surface area contributed by atoms with Crippen LogP contribution in [0.1, 0.15) is 18.2 Å². The Morgan fingerprint density at radius 1 is 1.65 bits per heavy atom. The molecule has 1 aliphatic heterocycles. The fourth-order valence-electron chi connectivity index (χ4n) is 2.27. The maximum absolute atomic E-state index is 11.5. The van der Waals surface area contributed by atoms with E-state index in [4.69, 9.17) is 10.9 Å². The van der Waals surface area contributed by atoms with Crippen LogP contribution >= 0.6 is 0 Å². The molecule has 1 saturated heterocycles. The average molecular weight is 298 g/mol. The van der Waals surface area contributed by atoms with E-state index in [1.165, 1.54) is 0 Å². The van der Waals surface area contributed by atoms with Crippen LogP contribution < -0.4 is 5.73 Å². The van der Waals surface area contributed by atoms with E-state index < -0.39 is 9.84 Å². The first kappa shape index (κ1) is 14.7. The van der Waals surface area contributed by atoms with Crippen LogP contribution in [0.2, 0.25) is 0 Å². The van der Waals surface area contributed by atoms with Gasteiger partial charge in [-0.2, -0.15) is 0 Å². The summed E-state index contributed by atoms with van der Waals surface area (Å²) in [5, 5.41) is 11.6. The quantitative estimate of drug-likeness (QED) is 0.346. The normalized spacial score (nSPS) is 23.6. The van der Waals surface area contributed by atoms with Crippen LogP contribution in [0.15, 0.2) is 23.5 Å². The molecule has 0 amide bonds. The third-order valence-electron chi connectivity index (χ3n) is 3.39. The zero-order chi connectivity index (χ0) is 14.8. The van der Waals surface area contributed by atoms with E-state index in [0.717, 1.165) is 5.56 Å². The molecular formula is C12H18N4O3S. The van der Waals surface area contributed by atoms with Gasteiger partial charge in [-0.25, -0.2) is 8.42 Å². The van der Waals surface area contributed by atoms with E-state index in [0.29, 0.717) is 18.8 Å². The largest absolute Gasteiger partial charge is 0.409 e. The zero-order valence-electron chi connectivity index (χ0n) is 11.2. The lowest BCUT2D eigenvalue weighted by Gasteiger charge is -2.33. The van der Waals surface area contributed by atoms with Gasteiger partial charge in [0.2, 0.25) is 0 Å². The van der Waals surface area contributed by atoms with Gasteiger partial charge < -0.3 is 10.9 Å². The molecule has 1 unspecified atom stereocenters. The minimum Gasteiger partial charge on any atom is -0.409 e. The zero-order valence-corrected chi connectivity index (χ0v) is 12.0. The molecule has 110 valence electrons. The van der Waals surface area contributed by atoms with Crippen molar-refractivity contribution in [3.63, 3.8) is 0 Å². The summed E-state index contributed by atoms with van der Waals surface area (Å²) in [5.41, 5.74) is 6.86. The van der Waals surface area contributed by atoms with Crippen LogP contribution in [0.25, 0.3) is 0 Å². The van der Waals surface area contributed by atoms with Crippen molar-refractivity contribution >= 4 is 15.7 Å². The minimum atomic E-state index is -2.91. The van der Waals surface area contributed by atoms with Crippen molar-refractivity contribution in [2.45, 2.75) is 19.5 Å². The number of oxime groups is 1. The van der Waals surface area contributed by atoms with Gasteiger partial charge in [-0.3, -0.25) is 9.88 Å². The third-order valence-corrected chi connectivity index (χ3v) is 5.18. The maximum Gasteiger partial charge on any atom is 0.188 e. The van der Waals surface area contributed by atoms with E-state index in [2.05, 4.69) is 15.0 Å². The van der Waals surface area contributed by atoms with Gasteiger partial charge in [0.05, 0.1) is 11.5 Å². The standard InChI is InChI=1S/C12H18N4O3S/c1-9-8-20(18,19)5-4-16(9)7-10-2-3-14-11(6-10)12(13)15-17/h2-3,6,9,17H,4-5,7-8H2,1H3,(H2,13,15). The van der Waals surface area contributed by atoms with Crippen LogP contribution in [0.4, 0.5) is 0 Å². The Morgan fingerprint density at radius 3 is 3.05 bits per heavy atom. The number of pyridine rings is 1. The van der Waals surface area contributed by atoms with Crippen LogP contribution in [-0.4, -0.2) is 53.4 Å². The first-order valence-corrected chi connectivity index (χ1v) is 8.11. The van der Waals surface area contributed by atoms with E-state index in [1.54, 1.807) is 12.3 Å². The second-order valence-electron chi connectivity index (χ2n) is 4.97. The molecule has 0 bridgehead atoms. The summed E-state index contributed by atoms with van der Waals surface area (Å²) in [5.74, 6) is 0.335. The highest BCUT2D eigenvalue weighted by Gasteiger charge is 2.27. The van der Waals surface area contributed by atoms with Gasteiger partial charge in [0.25, 0.3) is 0 Å². The molecule has 0 aliphatic carbocycles. The smallest absolute Gasteiger partial charge is 0.188 e. The van der Waals surface area contributed by atoms with E-state index in [1.807, 2.05) is 13.0 Å². The molecule has 20 heavy (non-hydrogen) atoms. The van der Waals surface area contributed by atoms with Crippen LogP contribution in [-0.2, 0) is 16.4 Å². The topological polar surface area (TPSA) is 109 Å². The SMILES string of the molecule is CC1CS(=O)(=O)CCN1Cc1ccnc(/C(N)=N/O)c1. The number of sulfone groups is 1. The molecule has 0 aromatic carbocycles. The van der Waals surface area contributed by atoms with Crippen molar-refractivity contribution in [3.8, 4) is 0 Å². The molecular weight excluding hydrogens is 280 g/mol. The number of nitrogens with two attached hydrogens (primary N) is 1. The van der Waals surface area contributed by atoms with Gasteiger partial charge in [-0.05, 0) is 24.6 Å². The van der Waals surface area contributed by atoms with Gasteiger partial charge in [-0.15, -0.1) is 0 Å². The highest BCUT2D eigenvalue weighted by Crippen LogP contribution is 2.15. The van der Waals surface area contributed by atoms with Crippen LogP contribution in [0.3, 0.4) is 0 Å². The van der Waals surface area contributed by atoms with Crippen molar-refractivity contribution in [1.29, 1.82) is 0 Å². The van der Waals surface area contributed by atoms with E-state index in [-0.39, 0.29) is 23.4 Å². The van der Waals surface area contributed by atoms with Gasteiger partial charge in [0.1, 0.15) is 5.69 Å². The monoisotopic (exact) mass is 298 g/mol. The molecule has 0 saturated carbocycles. The predicted octanol–water partition coefficient (Wildman–Crippen LogP) is -0.205. The lowest BCUT2D eigenvalue weighted by Crippen LogP contribution is -2.46. The van der Waals surface area contributed by atoms with Gasteiger partial charge in [-0.1, -0.05) is 5.16 Å². The molecule has 0 spiro atoms. The molecule has 3 N–H and O–H groups in total. The van der Waals surface area contributed by atoms with E-state index in [9.17, 15) is 8.42 Å². The number of aromatic nitrogens is 1. The fourth-order valence-corrected chi connectivity index (χ4v) is 3.89. The second kappa shape index (κ2) is 5.76. The van der Waals surface area contributed by atoms with Gasteiger partial charge in [0.15, 0.2) is 15.7 Å². The molecule has 7 nitrogen and oxygen atoms in total. The Labute approximate surface area is 118 Å². The Balaban J connectivity index is 2.11. The second-order valence-corrected chi connectivity index (χ2v) is 7.20. The molecule has 1 aromatic heterocycles. The maximum atomic E-state index is 11.5. The third kappa shape index (κ3) is 3.45. The molecule has 1 atom stereocenters. The summed E-state index contributed by atoms with van der Waals surface area (Å²) < 4.78 is 23.1. The Kier molecular flexibility index (Phi) is 4.24. The first-order valence-electron chi connectivity index (χ1n) is 6.28. The number of hydrogen-bond donors (Lipinski definition) is 2. The molecule has 1 fully saturated rings. The lowest BCUT2D eigenvalue weighted by atomic mass is 10.2. The predicted molar refractivity (Wildman–Crippen MR) is 75.3 cm³/mol. The molecule has 2 rings (SSSR count). The number of amidine groups is 1. The first-order chi connectivity index (χ1) is 9.41. The van der Waals surface area contributed by atoms with Crippen molar-refractivity contribution in [2.24, 2.45) is 10.9 Å². The van der Waals surface area contributed by atoms with Gasteiger partial charge >= 0.3 is 0 Å². The summed E-state index contributed by atoms with van der Waals surface area (Å²) in [7, 11) is -2.91. The Hall–Kier alpha value is -1.67. The van der Waals surface area contributed by atoms with E-state index >= 15 is 0 Å². The Bertz CT molecular complexity index is 615. The van der Waals surface area contributed by atoms with Crippen molar-refractivity contribution < 1.29 is 13.6 Å². The molecule has 2 heterocycles. The van der Waals surface area contributed by atoms with Crippen LogP contribution in [0.5, 0.6) is 0 Å². The highest BCUT2D eigenvalue weighted by atomic mass is 32.2. The van der Waals surface area contributed by atoms with Gasteiger partial charge in [0, 0.05) is 25.3 Å². The molecule has 0 radical (unpaired) electrons.